The van der Waals surface area contributed by atoms with Crippen molar-refractivity contribution >= 4 is 17.3 Å². The Morgan fingerprint density at radius 2 is 2.14 bits per heavy atom. The standard InChI is InChI=1S/C16H18N2O2S/c19-16(20)12-3-7-18(8-4-12)15(14-5-9-21-11-14)13-2-1-6-17-10-13/h1-2,5-6,9-12,15H,3-4,7-8H2,(H,19,20). The number of pyridine rings is 1. The van der Waals surface area contributed by atoms with Gasteiger partial charge in [0, 0.05) is 12.4 Å². The number of piperidine rings is 1. The number of likely N-dealkylation sites (tertiary alicyclic amines) is 1. The van der Waals surface area contributed by atoms with Crippen LogP contribution >= 0.6 is 11.3 Å². The second-order valence-corrected chi connectivity index (χ2v) is 6.17. The van der Waals surface area contributed by atoms with Crippen molar-refractivity contribution in [1.82, 2.24) is 9.88 Å². The van der Waals surface area contributed by atoms with Crippen LogP contribution in [0, 0.1) is 5.92 Å². The van der Waals surface area contributed by atoms with Crippen LogP contribution in [0.15, 0.2) is 41.4 Å². The van der Waals surface area contributed by atoms with Gasteiger partial charge in [0.25, 0.3) is 0 Å². The van der Waals surface area contributed by atoms with E-state index in [4.69, 9.17) is 5.11 Å². The zero-order chi connectivity index (χ0) is 14.7. The Balaban J connectivity index is 1.83. The predicted octanol–water partition coefficient (Wildman–Crippen LogP) is 3.03. The molecule has 1 saturated heterocycles. The Hall–Kier alpha value is -1.72. The van der Waals surface area contributed by atoms with Crippen molar-refractivity contribution in [2.75, 3.05) is 13.1 Å². The zero-order valence-electron chi connectivity index (χ0n) is 11.7. The topological polar surface area (TPSA) is 53.4 Å². The molecule has 1 aliphatic rings. The van der Waals surface area contributed by atoms with Crippen LogP contribution in [-0.4, -0.2) is 34.0 Å². The largest absolute Gasteiger partial charge is 0.481 e. The Bertz CT molecular complexity index is 578. The molecule has 1 N–H and O–H groups in total. The summed E-state index contributed by atoms with van der Waals surface area (Å²) < 4.78 is 0. The molecular weight excluding hydrogens is 284 g/mol. The van der Waals surface area contributed by atoms with Crippen LogP contribution in [0.1, 0.15) is 30.0 Å². The molecule has 1 unspecified atom stereocenters. The highest BCUT2D eigenvalue weighted by Gasteiger charge is 2.30. The Kier molecular flexibility index (Phi) is 4.31. The van der Waals surface area contributed by atoms with Crippen molar-refractivity contribution in [3.8, 4) is 0 Å². The van der Waals surface area contributed by atoms with E-state index in [2.05, 4.69) is 32.8 Å². The van der Waals surface area contributed by atoms with Crippen LogP contribution in [0.25, 0.3) is 0 Å². The van der Waals surface area contributed by atoms with E-state index in [1.807, 2.05) is 12.3 Å². The number of nitrogens with zero attached hydrogens (tertiary/aromatic N) is 2. The van der Waals surface area contributed by atoms with Crippen LogP contribution in [0.5, 0.6) is 0 Å². The summed E-state index contributed by atoms with van der Waals surface area (Å²) in [5.74, 6) is -0.860. The van der Waals surface area contributed by atoms with Gasteiger partial charge in [-0.2, -0.15) is 11.3 Å². The first-order valence-electron chi connectivity index (χ1n) is 7.14. The van der Waals surface area contributed by atoms with E-state index in [1.54, 1.807) is 17.5 Å². The molecule has 1 aliphatic heterocycles. The smallest absolute Gasteiger partial charge is 0.306 e. The molecule has 0 saturated carbocycles. The summed E-state index contributed by atoms with van der Waals surface area (Å²) in [5.41, 5.74) is 2.44. The van der Waals surface area contributed by atoms with Gasteiger partial charge in [0.2, 0.25) is 0 Å². The summed E-state index contributed by atoms with van der Waals surface area (Å²) in [6, 6.07) is 6.38. The van der Waals surface area contributed by atoms with Crippen LogP contribution < -0.4 is 0 Å². The first-order valence-corrected chi connectivity index (χ1v) is 8.09. The van der Waals surface area contributed by atoms with Crippen LogP contribution in [0.3, 0.4) is 0 Å². The number of carboxylic acid groups (broad SMARTS) is 1. The molecule has 5 heteroatoms. The molecule has 4 nitrogen and oxygen atoms in total. The van der Waals surface area contributed by atoms with Gasteiger partial charge < -0.3 is 5.11 Å². The lowest BCUT2D eigenvalue weighted by molar-refractivity contribution is -0.143. The number of hydrogen-bond acceptors (Lipinski definition) is 4. The maximum Gasteiger partial charge on any atom is 0.306 e. The third kappa shape index (κ3) is 3.14. The number of aromatic nitrogens is 1. The number of carboxylic acids is 1. The van der Waals surface area contributed by atoms with Gasteiger partial charge in [-0.3, -0.25) is 14.7 Å². The molecule has 110 valence electrons. The van der Waals surface area contributed by atoms with E-state index in [0.717, 1.165) is 25.9 Å². The quantitative estimate of drug-likeness (QED) is 0.943. The monoisotopic (exact) mass is 302 g/mol. The van der Waals surface area contributed by atoms with E-state index in [-0.39, 0.29) is 12.0 Å². The van der Waals surface area contributed by atoms with Gasteiger partial charge >= 0.3 is 5.97 Å². The average molecular weight is 302 g/mol. The summed E-state index contributed by atoms with van der Waals surface area (Å²) in [6.07, 6.45) is 5.13. The van der Waals surface area contributed by atoms with E-state index in [1.165, 1.54) is 11.1 Å². The van der Waals surface area contributed by atoms with Gasteiger partial charge in [-0.1, -0.05) is 6.07 Å². The number of aliphatic carboxylic acids is 1. The second-order valence-electron chi connectivity index (χ2n) is 5.39. The highest BCUT2D eigenvalue weighted by Crippen LogP contribution is 2.33. The number of rotatable bonds is 4. The summed E-state index contributed by atoms with van der Waals surface area (Å²) in [4.78, 5) is 17.7. The Morgan fingerprint density at radius 1 is 1.33 bits per heavy atom. The maximum absolute atomic E-state index is 11.1. The van der Waals surface area contributed by atoms with Gasteiger partial charge in [0.05, 0.1) is 12.0 Å². The molecule has 2 aromatic heterocycles. The molecular formula is C16H18N2O2S. The minimum atomic E-state index is -0.664. The fraction of sp³-hybridized carbons (Fsp3) is 0.375. The van der Waals surface area contributed by atoms with Crippen molar-refractivity contribution in [3.05, 3.63) is 52.5 Å². The van der Waals surface area contributed by atoms with Crippen LogP contribution in [0.2, 0.25) is 0 Å². The molecule has 2 aromatic rings. The van der Waals surface area contributed by atoms with E-state index < -0.39 is 5.97 Å². The third-order valence-corrected chi connectivity index (χ3v) is 4.80. The molecule has 0 bridgehead atoms. The van der Waals surface area contributed by atoms with Crippen molar-refractivity contribution in [2.24, 2.45) is 5.92 Å². The average Bonchev–Trinajstić information content (AvgIpc) is 3.03. The number of carbonyl (C=O) groups is 1. The fourth-order valence-corrected chi connectivity index (χ4v) is 3.67. The van der Waals surface area contributed by atoms with E-state index in [0.29, 0.717) is 0 Å². The van der Waals surface area contributed by atoms with Crippen molar-refractivity contribution in [2.45, 2.75) is 18.9 Å². The summed E-state index contributed by atoms with van der Waals surface area (Å²) in [5, 5.41) is 13.4. The molecule has 0 spiro atoms. The molecule has 1 atom stereocenters. The van der Waals surface area contributed by atoms with E-state index >= 15 is 0 Å². The number of hydrogen-bond donors (Lipinski definition) is 1. The SMILES string of the molecule is O=C(O)C1CCN(C(c2cccnc2)c2ccsc2)CC1. The first-order chi connectivity index (χ1) is 10.3. The molecule has 1 fully saturated rings. The normalized spacial score (nSPS) is 18.5. The highest BCUT2D eigenvalue weighted by atomic mass is 32.1. The van der Waals surface area contributed by atoms with Gasteiger partial charge in [0.15, 0.2) is 0 Å². The van der Waals surface area contributed by atoms with Gasteiger partial charge in [0.1, 0.15) is 0 Å². The minimum Gasteiger partial charge on any atom is -0.481 e. The molecule has 0 amide bonds. The molecule has 0 aliphatic carbocycles. The van der Waals surface area contributed by atoms with Crippen molar-refractivity contribution in [1.29, 1.82) is 0 Å². The first kappa shape index (κ1) is 14.2. The van der Waals surface area contributed by atoms with Crippen LogP contribution in [-0.2, 0) is 4.79 Å². The van der Waals surface area contributed by atoms with Crippen molar-refractivity contribution < 1.29 is 9.90 Å². The minimum absolute atomic E-state index is 0.180. The van der Waals surface area contributed by atoms with Gasteiger partial charge in [-0.25, -0.2) is 0 Å². The summed E-state index contributed by atoms with van der Waals surface area (Å²) >= 11 is 1.69. The lowest BCUT2D eigenvalue weighted by atomic mass is 9.93. The van der Waals surface area contributed by atoms with E-state index in [9.17, 15) is 4.79 Å². The van der Waals surface area contributed by atoms with Crippen molar-refractivity contribution in [3.63, 3.8) is 0 Å². The lowest BCUT2D eigenvalue weighted by Crippen LogP contribution is -2.39. The Morgan fingerprint density at radius 3 is 2.71 bits per heavy atom. The fourth-order valence-electron chi connectivity index (χ4n) is 2.99. The van der Waals surface area contributed by atoms with Gasteiger partial charge in [-0.15, -0.1) is 0 Å². The number of thiophene rings is 1. The highest BCUT2D eigenvalue weighted by molar-refractivity contribution is 7.08. The second kappa shape index (κ2) is 6.37. The molecule has 3 rings (SSSR count). The molecule has 0 radical (unpaired) electrons. The lowest BCUT2D eigenvalue weighted by Gasteiger charge is -2.36. The Labute approximate surface area is 128 Å². The molecule has 3 heterocycles. The maximum atomic E-state index is 11.1. The van der Waals surface area contributed by atoms with Crippen LogP contribution in [0.4, 0.5) is 0 Å². The molecule has 0 aromatic carbocycles. The van der Waals surface area contributed by atoms with Gasteiger partial charge in [-0.05, 0) is 60.0 Å². The zero-order valence-corrected chi connectivity index (χ0v) is 12.5. The third-order valence-electron chi connectivity index (χ3n) is 4.10. The summed E-state index contributed by atoms with van der Waals surface area (Å²) in [6.45, 7) is 1.62. The predicted molar refractivity (Wildman–Crippen MR) is 82.3 cm³/mol. The molecule has 21 heavy (non-hydrogen) atoms. The summed E-state index contributed by atoms with van der Waals surface area (Å²) in [7, 11) is 0.